The lowest BCUT2D eigenvalue weighted by molar-refractivity contribution is -0.120. The molecule has 0 radical (unpaired) electrons. The minimum Gasteiger partial charge on any atom is -0.478 e. The summed E-state index contributed by atoms with van der Waals surface area (Å²) in [6, 6.07) is 22.7. The number of carbonyl (C=O) groups excluding carboxylic acids is 3. The summed E-state index contributed by atoms with van der Waals surface area (Å²) in [5.41, 5.74) is 2.24. The first-order valence-electron chi connectivity index (χ1n) is 10.9. The number of carboxylic acids is 1. The van der Waals surface area contributed by atoms with E-state index in [1.807, 2.05) is 0 Å². The Morgan fingerprint density at radius 2 is 1.17 bits per heavy atom. The smallest absolute Gasteiger partial charge is 0.337 e. The highest BCUT2D eigenvalue weighted by molar-refractivity contribution is 6.32. The van der Waals surface area contributed by atoms with Crippen molar-refractivity contribution in [2.45, 2.75) is 0 Å². The van der Waals surface area contributed by atoms with Gasteiger partial charge in [-0.15, -0.1) is 0 Å². The maximum atomic E-state index is 13.7. The minimum absolute atomic E-state index is 0.0350. The number of para-hydroxylation sites is 3. The number of hydrogen-bond acceptors (Lipinski definition) is 7. The first-order valence-corrected chi connectivity index (χ1v) is 10.9. The van der Waals surface area contributed by atoms with Gasteiger partial charge in [0.1, 0.15) is 0 Å². The number of anilines is 4. The summed E-state index contributed by atoms with van der Waals surface area (Å²) in [5.74, 6) is -1.60. The summed E-state index contributed by atoms with van der Waals surface area (Å²) in [5, 5.41) is 15.6. The molecule has 0 spiro atoms. The molecule has 1 aliphatic carbocycles. The third-order valence-corrected chi connectivity index (χ3v) is 5.83. The Hall–Kier alpha value is -5.24. The van der Waals surface area contributed by atoms with Crippen LogP contribution in [0.2, 0.25) is 0 Å². The van der Waals surface area contributed by atoms with Gasteiger partial charge in [0.15, 0.2) is 17.3 Å². The van der Waals surface area contributed by atoms with Gasteiger partial charge in [-0.2, -0.15) is 0 Å². The zero-order chi connectivity index (χ0) is 25.2. The first-order chi connectivity index (χ1) is 17.5. The average Bonchev–Trinajstić information content (AvgIpc) is 2.88. The molecule has 4 aromatic rings. The van der Waals surface area contributed by atoms with E-state index in [0.29, 0.717) is 29.2 Å². The number of carboxylic acid groups (broad SMARTS) is 1. The quantitative estimate of drug-likeness (QED) is 0.274. The van der Waals surface area contributed by atoms with Crippen molar-refractivity contribution in [1.82, 2.24) is 0 Å². The summed E-state index contributed by atoms with van der Waals surface area (Å²) in [7, 11) is 0. The summed E-state index contributed by atoms with van der Waals surface area (Å²) in [6.07, 6.45) is 0. The van der Waals surface area contributed by atoms with Gasteiger partial charge in [0.05, 0.1) is 39.4 Å². The summed E-state index contributed by atoms with van der Waals surface area (Å²) < 4.78 is 5.01. The zero-order valence-electron chi connectivity index (χ0n) is 18.6. The number of ether oxygens (including phenoxy) is 1. The van der Waals surface area contributed by atoms with E-state index in [-0.39, 0.29) is 45.1 Å². The van der Waals surface area contributed by atoms with Crippen LogP contribution in [0.25, 0.3) is 0 Å². The SMILES string of the molecule is O=COc1ccccc1Nc1cccc2c1C(=O)c1cccc(Nc3ccccc3C(=O)O)c1C2=O. The lowest BCUT2D eigenvalue weighted by Crippen LogP contribution is -2.23. The molecule has 8 nitrogen and oxygen atoms in total. The van der Waals surface area contributed by atoms with Crippen molar-refractivity contribution in [1.29, 1.82) is 0 Å². The highest BCUT2D eigenvalue weighted by Gasteiger charge is 2.34. The normalized spacial score (nSPS) is 11.8. The fraction of sp³-hybridized carbons (Fsp3) is 0. The average molecular weight is 478 g/mol. The molecular weight excluding hydrogens is 460 g/mol. The van der Waals surface area contributed by atoms with E-state index >= 15 is 0 Å². The number of nitrogens with one attached hydrogen (secondary N) is 2. The zero-order valence-corrected chi connectivity index (χ0v) is 18.6. The largest absolute Gasteiger partial charge is 0.478 e. The predicted octanol–water partition coefficient (Wildman–Crippen LogP) is 5.18. The van der Waals surface area contributed by atoms with Gasteiger partial charge >= 0.3 is 5.97 Å². The second kappa shape index (κ2) is 9.19. The van der Waals surface area contributed by atoms with Crippen LogP contribution in [-0.2, 0) is 4.79 Å². The van der Waals surface area contributed by atoms with E-state index in [1.54, 1.807) is 78.9 Å². The Labute approximate surface area is 205 Å². The summed E-state index contributed by atoms with van der Waals surface area (Å²) in [4.78, 5) is 49.8. The van der Waals surface area contributed by atoms with Gasteiger partial charge in [0, 0.05) is 11.1 Å². The molecule has 0 saturated carbocycles. The second-order valence-electron chi connectivity index (χ2n) is 7.93. The van der Waals surface area contributed by atoms with Gasteiger partial charge < -0.3 is 20.5 Å². The first kappa shape index (κ1) is 22.5. The highest BCUT2D eigenvalue weighted by Crippen LogP contribution is 2.38. The fourth-order valence-electron chi connectivity index (χ4n) is 4.24. The third kappa shape index (κ3) is 3.86. The minimum atomic E-state index is -1.12. The topological polar surface area (TPSA) is 122 Å². The van der Waals surface area contributed by atoms with Crippen molar-refractivity contribution in [3.8, 4) is 5.75 Å². The molecule has 4 aromatic carbocycles. The molecule has 0 unspecified atom stereocenters. The van der Waals surface area contributed by atoms with Gasteiger partial charge in [-0.05, 0) is 36.4 Å². The van der Waals surface area contributed by atoms with Crippen LogP contribution in [0.15, 0.2) is 84.9 Å². The Morgan fingerprint density at radius 3 is 1.75 bits per heavy atom. The van der Waals surface area contributed by atoms with Crippen LogP contribution in [0, 0.1) is 0 Å². The predicted molar refractivity (Wildman–Crippen MR) is 133 cm³/mol. The van der Waals surface area contributed by atoms with Gasteiger partial charge in [0.25, 0.3) is 6.47 Å². The molecule has 176 valence electrons. The molecule has 0 atom stereocenters. The molecule has 1 aliphatic rings. The molecule has 0 bridgehead atoms. The van der Waals surface area contributed by atoms with Crippen LogP contribution in [-0.4, -0.2) is 29.1 Å². The maximum Gasteiger partial charge on any atom is 0.337 e. The summed E-state index contributed by atoms with van der Waals surface area (Å²) >= 11 is 0. The molecule has 0 fully saturated rings. The molecule has 3 N–H and O–H groups in total. The molecule has 0 saturated heterocycles. The number of hydrogen-bond donors (Lipinski definition) is 3. The Kier molecular flexibility index (Phi) is 5.75. The molecule has 0 heterocycles. The monoisotopic (exact) mass is 478 g/mol. The van der Waals surface area contributed by atoms with Crippen molar-refractivity contribution in [2.24, 2.45) is 0 Å². The van der Waals surface area contributed by atoms with Crippen LogP contribution >= 0.6 is 0 Å². The number of rotatable bonds is 7. The number of aromatic carboxylic acids is 1. The van der Waals surface area contributed by atoms with E-state index in [0.717, 1.165) is 0 Å². The molecule has 36 heavy (non-hydrogen) atoms. The molecule has 0 aromatic heterocycles. The fourth-order valence-corrected chi connectivity index (χ4v) is 4.24. The van der Waals surface area contributed by atoms with E-state index < -0.39 is 5.97 Å². The molecule has 8 heteroatoms. The van der Waals surface area contributed by atoms with E-state index in [1.165, 1.54) is 6.07 Å². The molecule has 0 aliphatic heterocycles. The van der Waals surface area contributed by atoms with Crippen molar-refractivity contribution in [2.75, 3.05) is 10.6 Å². The van der Waals surface area contributed by atoms with Gasteiger partial charge in [0.2, 0.25) is 0 Å². The van der Waals surface area contributed by atoms with Crippen LogP contribution in [0.4, 0.5) is 22.7 Å². The van der Waals surface area contributed by atoms with Crippen molar-refractivity contribution >= 4 is 46.8 Å². The number of benzene rings is 4. The van der Waals surface area contributed by atoms with E-state index in [4.69, 9.17) is 4.74 Å². The van der Waals surface area contributed by atoms with E-state index in [9.17, 15) is 24.3 Å². The third-order valence-electron chi connectivity index (χ3n) is 5.83. The van der Waals surface area contributed by atoms with Crippen LogP contribution in [0.5, 0.6) is 5.75 Å². The number of fused-ring (bicyclic) bond motifs is 2. The number of carbonyl (C=O) groups is 4. The lowest BCUT2D eigenvalue weighted by atomic mass is 9.82. The Balaban J connectivity index is 1.58. The van der Waals surface area contributed by atoms with Gasteiger partial charge in [-0.25, -0.2) is 4.79 Å². The highest BCUT2D eigenvalue weighted by atomic mass is 16.5. The Morgan fingerprint density at radius 1 is 0.667 bits per heavy atom. The van der Waals surface area contributed by atoms with Crippen LogP contribution in [0.3, 0.4) is 0 Å². The molecule has 0 amide bonds. The van der Waals surface area contributed by atoms with Gasteiger partial charge in [-0.1, -0.05) is 48.5 Å². The van der Waals surface area contributed by atoms with Crippen molar-refractivity contribution < 1.29 is 29.0 Å². The molecular formula is C28H18N2O6. The van der Waals surface area contributed by atoms with Crippen molar-refractivity contribution in [3.63, 3.8) is 0 Å². The Bertz CT molecular complexity index is 1560. The standard InChI is InChI=1S/C28H18N2O6/c31-15-36-23-14-4-3-11-20(23)30-22-13-6-9-18-25(22)27(33)17-8-5-12-21(24(17)26(18)32)29-19-10-2-1-7-16(19)28(34)35/h1-15,29-30H,(H,34,35). The van der Waals surface area contributed by atoms with Crippen molar-refractivity contribution in [3.05, 3.63) is 113 Å². The number of ketones is 2. The van der Waals surface area contributed by atoms with Crippen LogP contribution < -0.4 is 15.4 Å². The van der Waals surface area contributed by atoms with Gasteiger partial charge in [-0.3, -0.25) is 14.4 Å². The lowest BCUT2D eigenvalue weighted by Gasteiger charge is -2.23. The summed E-state index contributed by atoms with van der Waals surface area (Å²) in [6.45, 7) is 0.308. The maximum absolute atomic E-state index is 13.7. The van der Waals surface area contributed by atoms with E-state index in [2.05, 4.69) is 10.6 Å². The van der Waals surface area contributed by atoms with Crippen LogP contribution in [0.1, 0.15) is 42.2 Å². The molecule has 5 rings (SSSR count). The second-order valence-corrected chi connectivity index (χ2v) is 7.93.